The van der Waals surface area contributed by atoms with E-state index < -0.39 is 45.6 Å². The van der Waals surface area contributed by atoms with Crippen molar-refractivity contribution in [1.29, 1.82) is 0 Å². The largest absolute Gasteiger partial charge is 0.497 e. The number of ether oxygens (including phenoxy) is 2. The number of carbonyl (C=O) groups excluding carboxylic acids is 2. The first-order valence-corrected chi connectivity index (χ1v) is 16.1. The molecule has 1 unspecified atom stereocenters. The average molecular weight is 689 g/mol. The van der Waals surface area contributed by atoms with E-state index in [4.69, 9.17) is 19.7 Å². The highest BCUT2D eigenvalue weighted by Crippen LogP contribution is 2.55. The first-order chi connectivity index (χ1) is 22.2. The number of β-amino-alcohol motifs (C(OH)–C–C–N with tert-alkyl or cyclic N) is 1. The SMILES string of the molecule is COc1ccc2c(c1)C(c1cccnc1OC)(N1C[C@H](O)C[C@H]1C(=O)N(C)C)C(=O)N2S(=O)(=O)c1cccs1.O=C(O)/C=C/C(=O)O. The van der Waals surface area contributed by atoms with Crippen LogP contribution in [-0.2, 0) is 34.7 Å². The molecule has 47 heavy (non-hydrogen) atoms. The van der Waals surface area contributed by atoms with Crippen LogP contribution in [0.3, 0.4) is 0 Å². The van der Waals surface area contributed by atoms with Crippen LogP contribution >= 0.6 is 11.3 Å². The molecule has 15 nitrogen and oxygen atoms in total. The van der Waals surface area contributed by atoms with Gasteiger partial charge >= 0.3 is 11.9 Å². The smallest absolute Gasteiger partial charge is 0.328 e. The van der Waals surface area contributed by atoms with Gasteiger partial charge in [-0.1, -0.05) is 6.07 Å². The summed E-state index contributed by atoms with van der Waals surface area (Å²) < 4.78 is 39.8. The van der Waals surface area contributed by atoms with Gasteiger partial charge < -0.3 is 29.7 Å². The number of benzene rings is 1. The van der Waals surface area contributed by atoms with E-state index in [0.717, 1.165) is 15.6 Å². The molecule has 17 heteroatoms. The number of methoxy groups -OCH3 is 2. The van der Waals surface area contributed by atoms with Crippen LogP contribution in [-0.4, -0.2) is 109 Å². The summed E-state index contributed by atoms with van der Waals surface area (Å²) in [6.45, 7) is -0.0857. The topological polar surface area (TPSA) is 204 Å². The molecule has 0 saturated carbocycles. The van der Waals surface area contributed by atoms with Gasteiger partial charge in [0, 0.05) is 50.1 Å². The van der Waals surface area contributed by atoms with Crippen LogP contribution in [0.25, 0.3) is 0 Å². The Kier molecular flexibility index (Phi) is 10.3. The van der Waals surface area contributed by atoms with Crippen molar-refractivity contribution in [3.63, 3.8) is 0 Å². The van der Waals surface area contributed by atoms with E-state index >= 15 is 0 Å². The van der Waals surface area contributed by atoms with Crippen LogP contribution in [0.15, 0.2) is 70.4 Å². The lowest BCUT2D eigenvalue weighted by molar-refractivity contribution is -0.138. The maximum atomic E-state index is 14.9. The van der Waals surface area contributed by atoms with Gasteiger partial charge in [-0.25, -0.2) is 14.6 Å². The number of rotatable bonds is 9. The molecule has 4 heterocycles. The maximum absolute atomic E-state index is 14.9. The predicted molar refractivity (Wildman–Crippen MR) is 168 cm³/mol. The number of carboxylic acid groups (broad SMARTS) is 2. The second kappa shape index (κ2) is 13.9. The van der Waals surface area contributed by atoms with Crippen LogP contribution in [0.4, 0.5) is 5.69 Å². The minimum atomic E-state index is -4.36. The molecule has 0 aliphatic carbocycles. The molecule has 3 aromatic rings. The lowest BCUT2D eigenvalue weighted by atomic mass is 9.81. The van der Waals surface area contributed by atoms with Gasteiger partial charge in [-0.05, 0) is 48.2 Å². The minimum absolute atomic E-state index is 0.0195. The second-order valence-electron chi connectivity index (χ2n) is 10.5. The van der Waals surface area contributed by atoms with Crippen molar-refractivity contribution in [1.82, 2.24) is 14.8 Å². The Morgan fingerprint density at radius 2 is 1.72 bits per heavy atom. The van der Waals surface area contributed by atoms with Crippen LogP contribution < -0.4 is 13.8 Å². The van der Waals surface area contributed by atoms with E-state index in [-0.39, 0.29) is 45.8 Å². The summed E-state index contributed by atoms with van der Waals surface area (Å²) in [5.41, 5.74) is -1.29. The number of aliphatic hydroxyl groups is 1. The van der Waals surface area contributed by atoms with Crippen LogP contribution in [0, 0.1) is 0 Å². The number of aliphatic hydroxyl groups excluding tert-OH is 1. The molecule has 1 saturated heterocycles. The molecule has 1 fully saturated rings. The van der Waals surface area contributed by atoms with Crippen molar-refractivity contribution in [2.24, 2.45) is 0 Å². The summed E-state index contributed by atoms with van der Waals surface area (Å²) >= 11 is 0.989. The Hall–Kier alpha value is -4.84. The number of hydrogen-bond donors (Lipinski definition) is 3. The fraction of sp³-hybridized carbons (Fsp3) is 0.300. The quantitative estimate of drug-likeness (QED) is 0.272. The number of pyridine rings is 1. The zero-order chi connectivity index (χ0) is 34.7. The number of amides is 2. The number of thiophene rings is 1. The third kappa shape index (κ3) is 6.42. The number of likely N-dealkylation sites (N-methyl/N-ethyl adjacent to an activating group) is 1. The summed E-state index contributed by atoms with van der Waals surface area (Å²) in [4.78, 5) is 54.7. The number of hydrogen-bond acceptors (Lipinski definition) is 12. The zero-order valence-corrected chi connectivity index (χ0v) is 27.3. The third-order valence-electron chi connectivity index (χ3n) is 7.45. The van der Waals surface area contributed by atoms with Crippen LogP contribution in [0.5, 0.6) is 11.6 Å². The number of carboxylic acids is 2. The fourth-order valence-corrected chi connectivity index (χ4v) is 8.12. The highest BCUT2D eigenvalue weighted by molar-refractivity contribution is 7.95. The predicted octanol–water partition coefficient (Wildman–Crippen LogP) is 1.37. The Morgan fingerprint density at radius 3 is 2.28 bits per heavy atom. The van der Waals surface area contributed by atoms with E-state index in [9.17, 15) is 32.7 Å². The Morgan fingerprint density at radius 1 is 1.04 bits per heavy atom. The summed E-state index contributed by atoms with van der Waals surface area (Å²) in [7, 11) is 1.67. The third-order valence-corrected chi connectivity index (χ3v) is 10.5. The lowest BCUT2D eigenvalue weighted by Crippen LogP contribution is -2.59. The molecule has 2 amide bonds. The minimum Gasteiger partial charge on any atom is -0.497 e. The van der Waals surface area contributed by atoms with E-state index in [1.165, 1.54) is 37.4 Å². The average Bonchev–Trinajstić information content (AvgIpc) is 3.77. The number of anilines is 1. The van der Waals surface area contributed by atoms with Crippen LogP contribution in [0.1, 0.15) is 17.5 Å². The molecule has 0 radical (unpaired) electrons. The van der Waals surface area contributed by atoms with Gasteiger partial charge in [0.15, 0.2) is 5.54 Å². The van der Waals surface area contributed by atoms with Crippen LogP contribution in [0.2, 0.25) is 0 Å². The number of sulfonamides is 1. The molecular weight excluding hydrogens is 656 g/mol. The normalized spacial score (nSPS) is 20.8. The van der Waals surface area contributed by atoms with Crippen molar-refractivity contribution in [2.75, 3.05) is 39.2 Å². The van der Waals surface area contributed by atoms with Gasteiger partial charge in [0.2, 0.25) is 11.8 Å². The van der Waals surface area contributed by atoms with Crippen molar-refractivity contribution in [3.8, 4) is 11.6 Å². The van der Waals surface area contributed by atoms with Crippen molar-refractivity contribution in [3.05, 3.63) is 77.3 Å². The number of aromatic nitrogens is 1. The summed E-state index contributed by atoms with van der Waals surface area (Å²) in [5.74, 6) is -3.24. The summed E-state index contributed by atoms with van der Waals surface area (Å²) in [5, 5.41) is 28.1. The Labute approximate surface area is 273 Å². The molecule has 3 atom stereocenters. The molecule has 0 bridgehead atoms. The molecule has 2 aliphatic heterocycles. The van der Waals surface area contributed by atoms with E-state index in [0.29, 0.717) is 17.9 Å². The fourth-order valence-electron chi connectivity index (χ4n) is 5.60. The Bertz CT molecular complexity index is 1800. The molecule has 1 aromatic carbocycles. The first kappa shape index (κ1) is 35.0. The zero-order valence-electron chi connectivity index (χ0n) is 25.6. The number of carbonyl (C=O) groups is 4. The highest BCUT2D eigenvalue weighted by Gasteiger charge is 2.64. The molecule has 0 spiro atoms. The number of nitrogens with zero attached hydrogens (tertiary/aromatic N) is 4. The van der Waals surface area contributed by atoms with Crippen molar-refractivity contribution < 1.29 is 52.4 Å². The van der Waals surface area contributed by atoms with Gasteiger partial charge in [-0.15, -0.1) is 11.3 Å². The van der Waals surface area contributed by atoms with Gasteiger partial charge in [0.1, 0.15) is 9.96 Å². The number of fused-ring (bicyclic) bond motifs is 1. The Balaban J connectivity index is 0.000000555. The van der Waals surface area contributed by atoms with Gasteiger partial charge in [0.05, 0.1) is 32.1 Å². The standard InChI is InChI=1S/C26H28N4O7S2.C4H4O4/c1-28(2)24(32)21-13-16(31)15-29(21)26(18-7-5-11-27-23(18)37-4)19-14-17(36-3)9-10-20(19)30(25(26)33)39(34,35)22-8-6-12-38-22;5-3(6)1-2-4(7)8/h5-12,14,16,21,31H,13,15H2,1-4H3;1-2H,(H,5,6)(H,7,8)/b;2-1+/t16-,21+,26?;/m1./s1. The van der Waals surface area contributed by atoms with Gasteiger partial charge in [-0.2, -0.15) is 12.7 Å². The molecule has 250 valence electrons. The first-order valence-electron chi connectivity index (χ1n) is 13.8. The highest BCUT2D eigenvalue weighted by atomic mass is 32.2. The monoisotopic (exact) mass is 688 g/mol. The second-order valence-corrected chi connectivity index (χ2v) is 13.4. The van der Waals surface area contributed by atoms with Crippen molar-refractivity contribution in [2.45, 2.75) is 28.3 Å². The molecule has 3 N–H and O–H groups in total. The van der Waals surface area contributed by atoms with E-state index in [1.54, 1.807) is 54.7 Å². The van der Waals surface area contributed by atoms with Gasteiger partial charge in [0.25, 0.3) is 15.9 Å². The number of aliphatic carboxylic acids is 2. The summed E-state index contributed by atoms with van der Waals surface area (Å²) in [6, 6.07) is 9.97. The molecule has 5 rings (SSSR count). The molecular formula is C30H32N4O11S2. The number of likely N-dealkylation sites (tertiary alicyclic amines) is 1. The van der Waals surface area contributed by atoms with Gasteiger partial charge in [-0.3, -0.25) is 14.5 Å². The van der Waals surface area contributed by atoms with E-state index in [1.807, 2.05) is 0 Å². The maximum Gasteiger partial charge on any atom is 0.328 e. The van der Waals surface area contributed by atoms with Crippen molar-refractivity contribution >= 4 is 50.8 Å². The summed E-state index contributed by atoms with van der Waals surface area (Å²) in [6.07, 6.45) is 1.70. The lowest BCUT2D eigenvalue weighted by Gasteiger charge is -2.41. The molecule has 2 aliphatic rings. The van der Waals surface area contributed by atoms with E-state index in [2.05, 4.69) is 4.98 Å². The molecule has 2 aromatic heterocycles.